The molecule has 1 unspecified atom stereocenters. The molecule has 0 fully saturated rings. The molecule has 0 heterocycles. The zero-order valence-electron chi connectivity index (χ0n) is 10.6. The summed E-state index contributed by atoms with van der Waals surface area (Å²) in [5.74, 6) is -0.216. The number of hydrogen-bond acceptors (Lipinski definition) is 5. The van der Waals surface area contributed by atoms with E-state index in [0.717, 1.165) is 0 Å². The van der Waals surface area contributed by atoms with Crippen LogP contribution in [0.25, 0.3) is 0 Å². The van der Waals surface area contributed by atoms with Crippen LogP contribution in [0.5, 0.6) is 0 Å². The number of aliphatic hydroxyl groups excluding tert-OH is 1. The topological polar surface area (TPSA) is 104 Å². The normalized spacial score (nSPS) is 11.7. The predicted molar refractivity (Wildman–Crippen MR) is 70.9 cm³/mol. The molecule has 7 heteroatoms. The summed E-state index contributed by atoms with van der Waals surface area (Å²) in [6, 6.07) is 6.25. The molecule has 7 nitrogen and oxygen atoms in total. The second kappa shape index (κ2) is 7.32. The number of carbonyl (C=O) groups is 1. The SMILES string of the molecule is CC(O)CNC(=O)CCNc1ccccc1[N+](=O)[O-]. The van der Waals surface area contributed by atoms with Gasteiger partial charge in [0, 0.05) is 25.6 Å². The smallest absolute Gasteiger partial charge is 0.292 e. The summed E-state index contributed by atoms with van der Waals surface area (Å²) in [4.78, 5) is 21.6. The Balaban J connectivity index is 2.41. The third kappa shape index (κ3) is 5.35. The van der Waals surface area contributed by atoms with Crippen molar-refractivity contribution in [3.8, 4) is 0 Å². The molecule has 1 rings (SSSR count). The Kier molecular flexibility index (Phi) is 5.74. The van der Waals surface area contributed by atoms with Gasteiger partial charge >= 0.3 is 0 Å². The predicted octanol–water partition coefficient (Wildman–Crippen LogP) is 0.894. The molecule has 0 saturated carbocycles. The Hall–Kier alpha value is -2.15. The highest BCUT2D eigenvalue weighted by Crippen LogP contribution is 2.22. The Labute approximate surface area is 110 Å². The van der Waals surface area contributed by atoms with Crippen molar-refractivity contribution in [2.75, 3.05) is 18.4 Å². The largest absolute Gasteiger partial charge is 0.392 e. The maximum Gasteiger partial charge on any atom is 0.292 e. The molecule has 3 N–H and O–H groups in total. The minimum Gasteiger partial charge on any atom is -0.392 e. The van der Waals surface area contributed by atoms with Crippen molar-refractivity contribution < 1.29 is 14.8 Å². The first-order chi connectivity index (χ1) is 9.00. The zero-order chi connectivity index (χ0) is 14.3. The number of hydrogen-bond donors (Lipinski definition) is 3. The number of benzene rings is 1. The van der Waals surface area contributed by atoms with Crippen LogP contribution in [0.15, 0.2) is 24.3 Å². The van der Waals surface area contributed by atoms with Gasteiger partial charge in [-0.1, -0.05) is 12.1 Å². The lowest BCUT2D eigenvalue weighted by Crippen LogP contribution is -2.31. The summed E-state index contributed by atoms with van der Waals surface area (Å²) in [7, 11) is 0. The Morgan fingerprint density at radius 2 is 2.16 bits per heavy atom. The molecular formula is C12H17N3O4. The van der Waals surface area contributed by atoms with E-state index in [4.69, 9.17) is 5.11 Å². The standard InChI is InChI=1S/C12H17N3O4/c1-9(16)8-14-12(17)6-7-13-10-4-2-3-5-11(10)15(18)19/h2-5,9,13,16H,6-8H2,1H3,(H,14,17). The van der Waals surface area contributed by atoms with Crippen LogP contribution in [0.2, 0.25) is 0 Å². The van der Waals surface area contributed by atoms with E-state index in [-0.39, 0.29) is 31.1 Å². The van der Waals surface area contributed by atoms with E-state index in [0.29, 0.717) is 5.69 Å². The number of amides is 1. The molecule has 19 heavy (non-hydrogen) atoms. The van der Waals surface area contributed by atoms with Crippen molar-refractivity contribution >= 4 is 17.3 Å². The molecule has 0 saturated heterocycles. The number of aliphatic hydroxyl groups is 1. The molecule has 1 atom stereocenters. The van der Waals surface area contributed by atoms with Gasteiger partial charge in [-0.15, -0.1) is 0 Å². The first kappa shape index (κ1) is 14.9. The van der Waals surface area contributed by atoms with Crippen LogP contribution in [-0.4, -0.2) is 35.1 Å². The van der Waals surface area contributed by atoms with Gasteiger partial charge in [0.05, 0.1) is 11.0 Å². The highest BCUT2D eigenvalue weighted by Gasteiger charge is 2.11. The van der Waals surface area contributed by atoms with Gasteiger partial charge in [0.15, 0.2) is 0 Å². The van der Waals surface area contributed by atoms with E-state index in [1.807, 2.05) is 0 Å². The number of anilines is 1. The van der Waals surface area contributed by atoms with Gasteiger partial charge in [-0.05, 0) is 13.0 Å². The fourth-order valence-electron chi connectivity index (χ4n) is 1.44. The number of carbonyl (C=O) groups excluding carboxylic acids is 1. The average Bonchev–Trinajstić information content (AvgIpc) is 2.36. The first-order valence-corrected chi connectivity index (χ1v) is 5.92. The molecule has 0 spiro atoms. The van der Waals surface area contributed by atoms with Gasteiger partial charge in [-0.2, -0.15) is 0 Å². The van der Waals surface area contributed by atoms with Gasteiger partial charge in [0.25, 0.3) is 5.69 Å². The van der Waals surface area contributed by atoms with E-state index >= 15 is 0 Å². The lowest BCUT2D eigenvalue weighted by molar-refractivity contribution is -0.384. The minimum absolute atomic E-state index is 0.0214. The molecule has 0 radical (unpaired) electrons. The van der Waals surface area contributed by atoms with E-state index in [1.165, 1.54) is 6.07 Å². The molecule has 1 aromatic rings. The molecule has 1 aromatic carbocycles. The summed E-state index contributed by atoms with van der Waals surface area (Å²) in [5, 5.41) is 25.1. The number of nitro benzene ring substituents is 1. The molecule has 104 valence electrons. The Bertz CT molecular complexity index is 448. The van der Waals surface area contributed by atoms with Crippen LogP contribution in [0.3, 0.4) is 0 Å². The molecule has 0 aliphatic carbocycles. The van der Waals surface area contributed by atoms with E-state index < -0.39 is 11.0 Å². The number of nitrogens with one attached hydrogen (secondary N) is 2. The molecule has 1 amide bonds. The van der Waals surface area contributed by atoms with Crippen molar-refractivity contribution in [2.24, 2.45) is 0 Å². The fraction of sp³-hybridized carbons (Fsp3) is 0.417. The van der Waals surface area contributed by atoms with Gasteiger partial charge < -0.3 is 15.7 Å². The van der Waals surface area contributed by atoms with Gasteiger partial charge in [-0.25, -0.2) is 0 Å². The van der Waals surface area contributed by atoms with Crippen LogP contribution >= 0.6 is 0 Å². The minimum atomic E-state index is -0.591. The van der Waals surface area contributed by atoms with Crippen molar-refractivity contribution in [3.05, 3.63) is 34.4 Å². The van der Waals surface area contributed by atoms with E-state index in [9.17, 15) is 14.9 Å². The van der Waals surface area contributed by atoms with Crippen molar-refractivity contribution in [1.29, 1.82) is 0 Å². The molecule has 0 aliphatic rings. The lowest BCUT2D eigenvalue weighted by Gasteiger charge is -2.08. The second-order valence-electron chi connectivity index (χ2n) is 4.10. The average molecular weight is 267 g/mol. The van der Waals surface area contributed by atoms with Crippen LogP contribution < -0.4 is 10.6 Å². The third-order valence-corrected chi connectivity index (χ3v) is 2.36. The number of rotatable bonds is 7. The molecule has 0 aromatic heterocycles. The van der Waals surface area contributed by atoms with Gasteiger partial charge in [0.2, 0.25) is 5.91 Å². The number of nitro groups is 1. The first-order valence-electron chi connectivity index (χ1n) is 5.92. The zero-order valence-corrected chi connectivity index (χ0v) is 10.6. The van der Waals surface area contributed by atoms with Crippen molar-refractivity contribution in [3.63, 3.8) is 0 Å². The quantitative estimate of drug-likeness (QED) is 0.503. The highest BCUT2D eigenvalue weighted by molar-refractivity contribution is 5.76. The summed E-state index contributed by atoms with van der Waals surface area (Å²) >= 11 is 0. The molecule has 0 bridgehead atoms. The van der Waals surface area contributed by atoms with Gasteiger partial charge in [0.1, 0.15) is 5.69 Å². The Morgan fingerprint density at radius 3 is 2.79 bits per heavy atom. The number of nitrogens with zero attached hydrogens (tertiary/aromatic N) is 1. The van der Waals surface area contributed by atoms with Crippen LogP contribution in [-0.2, 0) is 4.79 Å². The summed E-state index contributed by atoms with van der Waals surface area (Å²) in [6.45, 7) is 2.06. The Morgan fingerprint density at radius 1 is 1.47 bits per heavy atom. The van der Waals surface area contributed by atoms with Crippen LogP contribution in [0.1, 0.15) is 13.3 Å². The second-order valence-corrected chi connectivity index (χ2v) is 4.10. The van der Waals surface area contributed by atoms with Gasteiger partial charge in [-0.3, -0.25) is 14.9 Å². The van der Waals surface area contributed by atoms with E-state index in [2.05, 4.69) is 10.6 Å². The van der Waals surface area contributed by atoms with Crippen LogP contribution in [0, 0.1) is 10.1 Å². The summed E-state index contributed by atoms with van der Waals surface area (Å²) < 4.78 is 0. The monoisotopic (exact) mass is 267 g/mol. The van der Waals surface area contributed by atoms with Crippen molar-refractivity contribution in [1.82, 2.24) is 5.32 Å². The van der Waals surface area contributed by atoms with Crippen molar-refractivity contribution in [2.45, 2.75) is 19.4 Å². The lowest BCUT2D eigenvalue weighted by atomic mass is 10.2. The highest BCUT2D eigenvalue weighted by atomic mass is 16.6. The number of para-hydroxylation sites is 2. The summed E-state index contributed by atoms with van der Waals surface area (Å²) in [5.41, 5.74) is 0.364. The van der Waals surface area contributed by atoms with Crippen LogP contribution in [0.4, 0.5) is 11.4 Å². The fourth-order valence-corrected chi connectivity index (χ4v) is 1.44. The third-order valence-electron chi connectivity index (χ3n) is 2.36. The maximum atomic E-state index is 11.4. The van der Waals surface area contributed by atoms with E-state index in [1.54, 1.807) is 25.1 Å². The maximum absolute atomic E-state index is 11.4. The molecule has 0 aliphatic heterocycles. The summed E-state index contributed by atoms with van der Waals surface area (Å²) in [6.07, 6.45) is -0.411. The molecular weight excluding hydrogens is 250 g/mol.